The molecule has 0 aliphatic carbocycles. The summed E-state index contributed by atoms with van der Waals surface area (Å²) < 4.78 is 5.76. The van der Waals surface area contributed by atoms with Crippen LogP contribution in [0.1, 0.15) is 31.7 Å². The van der Waals surface area contributed by atoms with Gasteiger partial charge in [-0.2, -0.15) is 10.2 Å². The summed E-state index contributed by atoms with van der Waals surface area (Å²) in [6.07, 6.45) is 1.01. The zero-order chi connectivity index (χ0) is 20.5. The number of anilines is 1. The molecule has 3 rings (SSSR count). The Bertz CT molecular complexity index is 953. The third-order valence-electron chi connectivity index (χ3n) is 4.61. The summed E-state index contributed by atoms with van der Waals surface area (Å²) in [5.74, 6) is 0.933. The fourth-order valence-electron chi connectivity index (χ4n) is 2.80. The minimum atomic E-state index is -0.206. The number of rotatable bonds is 8. The van der Waals surface area contributed by atoms with Crippen LogP contribution in [0.25, 0.3) is 0 Å². The van der Waals surface area contributed by atoms with Crippen molar-refractivity contribution in [3.05, 3.63) is 84.4 Å². The Hall–Kier alpha value is -3.47. The number of ether oxygens (including phenoxy) is 1. The predicted octanol–water partition coefficient (Wildman–Crippen LogP) is 6.63. The van der Waals surface area contributed by atoms with Crippen LogP contribution in [0, 0.1) is 0 Å². The van der Waals surface area contributed by atoms with Crippen molar-refractivity contribution in [2.45, 2.75) is 26.2 Å². The Morgan fingerprint density at radius 3 is 2.21 bits per heavy atom. The average molecular weight is 387 g/mol. The van der Waals surface area contributed by atoms with Crippen LogP contribution >= 0.6 is 0 Å². The van der Waals surface area contributed by atoms with Crippen molar-refractivity contribution in [3.63, 3.8) is 0 Å². The van der Waals surface area contributed by atoms with Gasteiger partial charge < -0.3 is 10.1 Å². The zero-order valence-electron chi connectivity index (χ0n) is 16.7. The smallest absolute Gasteiger partial charge is 0.262 e. The SMILES string of the molecule is CCC(C)c1ccccc1OCC(=O)Nc1ccc(N=Nc2ccccc2)cc1. The molecule has 5 nitrogen and oxygen atoms in total. The summed E-state index contributed by atoms with van der Waals surface area (Å²) in [4.78, 5) is 12.3. The van der Waals surface area contributed by atoms with Gasteiger partial charge >= 0.3 is 0 Å². The largest absolute Gasteiger partial charge is 0.483 e. The summed E-state index contributed by atoms with van der Waals surface area (Å²) in [5.41, 5.74) is 3.31. The summed E-state index contributed by atoms with van der Waals surface area (Å²) in [7, 11) is 0. The average Bonchev–Trinajstić information content (AvgIpc) is 2.77. The Kier molecular flexibility index (Phi) is 7.11. The van der Waals surface area contributed by atoms with Crippen LogP contribution in [0.4, 0.5) is 17.1 Å². The molecular formula is C24H25N3O2. The van der Waals surface area contributed by atoms with Crippen molar-refractivity contribution in [1.82, 2.24) is 0 Å². The monoisotopic (exact) mass is 387 g/mol. The lowest BCUT2D eigenvalue weighted by Gasteiger charge is -2.15. The van der Waals surface area contributed by atoms with Crippen LogP contribution in [0.2, 0.25) is 0 Å². The molecule has 0 aromatic heterocycles. The van der Waals surface area contributed by atoms with E-state index in [1.165, 1.54) is 0 Å². The van der Waals surface area contributed by atoms with E-state index < -0.39 is 0 Å². The first-order valence-corrected chi connectivity index (χ1v) is 9.74. The van der Waals surface area contributed by atoms with Gasteiger partial charge in [-0.25, -0.2) is 0 Å². The van der Waals surface area contributed by atoms with Crippen molar-refractivity contribution in [3.8, 4) is 5.75 Å². The topological polar surface area (TPSA) is 63.0 Å². The molecule has 29 heavy (non-hydrogen) atoms. The Morgan fingerprint density at radius 2 is 1.52 bits per heavy atom. The molecule has 3 aromatic carbocycles. The molecule has 0 bridgehead atoms. The van der Waals surface area contributed by atoms with Gasteiger partial charge in [0, 0.05) is 5.69 Å². The molecular weight excluding hydrogens is 362 g/mol. The van der Waals surface area contributed by atoms with E-state index >= 15 is 0 Å². The van der Waals surface area contributed by atoms with Gasteiger partial charge in [0.15, 0.2) is 6.61 Å². The number of nitrogens with zero attached hydrogens (tertiary/aromatic N) is 2. The number of carbonyl (C=O) groups excluding carboxylic acids is 1. The molecule has 0 heterocycles. The lowest BCUT2D eigenvalue weighted by Crippen LogP contribution is -2.20. The number of nitrogens with one attached hydrogen (secondary N) is 1. The number of hydrogen-bond acceptors (Lipinski definition) is 4. The summed E-state index contributed by atoms with van der Waals surface area (Å²) >= 11 is 0. The molecule has 1 atom stereocenters. The van der Waals surface area contributed by atoms with E-state index in [1.54, 1.807) is 24.3 Å². The molecule has 1 N–H and O–H groups in total. The number of para-hydroxylation sites is 1. The molecule has 5 heteroatoms. The van der Waals surface area contributed by atoms with Crippen LogP contribution in [-0.4, -0.2) is 12.5 Å². The number of azo groups is 1. The number of amides is 1. The molecule has 1 amide bonds. The van der Waals surface area contributed by atoms with Crippen LogP contribution in [-0.2, 0) is 4.79 Å². The minimum absolute atomic E-state index is 0.0388. The van der Waals surface area contributed by atoms with E-state index in [2.05, 4.69) is 29.4 Å². The first-order chi connectivity index (χ1) is 14.2. The summed E-state index contributed by atoms with van der Waals surface area (Å²) in [5, 5.41) is 11.2. The molecule has 0 saturated carbocycles. The molecule has 148 valence electrons. The first-order valence-electron chi connectivity index (χ1n) is 9.74. The Labute approximate surface area is 171 Å². The van der Waals surface area contributed by atoms with Gasteiger partial charge in [-0.15, -0.1) is 0 Å². The number of carbonyl (C=O) groups is 1. The molecule has 0 aliphatic heterocycles. The van der Waals surface area contributed by atoms with Gasteiger partial charge in [0.05, 0.1) is 11.4 Å². The van der Waals surface area contributed by atoms with Crippen LogP contribution in [0.3, 0.4) is 0 Å². The normalized spacial score (nSPS) is 11.9. The van der Waals surface area contributed by atoms with Crippen molar-refractivity contribution < 1.29 is 9.53 Å². The second-order valence-corrected chi connectivity index (χ2v) is 6.77. The van der Waals surface area contributed by atoms with Crippen molar-refractivity contribution in [2.24, 2.45) is 10.2 Å². The van der Waals surface area contributed by atoms with Crippen molar-refractivity contribution >= 4 is 23.0 Å². The molecule has 0 aliphatic rings. The maximum absolute atomic E-state index is 12.3. The third kappa shape index (κ3) is 6.01. The van der Waals surface area contributed by atoms with Crippen molar-refractivity contribution in [2.75, 3.05) is 11.9 Å². The molecule has 3 aromatic rings. The number of hydrogen-bond donors (Lipinski definition) is 1. The summed E-state index contributed by atoms with van der Waals surface area (Å²) in [6, 6.07) is 24.6. The highest BCUT2D eigenvalue weighted by Crippen LogP contribution is 2.28. The molecule has 0 fully saturated rings. The van der Waals surface area contributed by atoms with Crippen LogP contribution < -0.4 is 10.1 Å². The second kappa shape index (κ2) is 10.2. The fourth-order valence-corrected chi connectivity index (χ4v) is 2.80. The highest BCUT2D eigenvalue weighted by Gasteiger charge is 2.11. The molecule has 0 radical (unpaired) electrons. The Morgan fingerprint density at radius 1 is 0.897 bits per heavy atom. The van der Waals surface area contributed by atoms with Gasteiger partial charge in [0.1, 0.15) is 5.75 Å². The second-order valence-electron chi connectivity index (χ2n) is 6.77. The maximum atomic E-state index is 12.3. The summed E-state index contributed by atoms with van der Waals surface area (Å²) in [6.45, 7) is 4.25. The Balaban J connectivity index is 1.54. The van der Waals surface area contributed by atoms with E-state index in [0.29, 0.717) is 17.3 Å². The first kappa shape index (κ1) is 20.3. The fraction of sp³-hybridized carbons (Fsp3) is 0.208. The van der Waals surface area contributed by atoms with E-state index in [0.717, 1.165) is 23.4 Å². The number of benzene rings is 3. The van der Waals surface area contributed by atoms with Gasteiger partial charge in [-0.3, -0.25) is 4.79 Å². The van der Waals surface area contributed by atoms with Crippen LogP contribution in [0.15, 0.2) is 89.1 Å². The predicted molar refractivity (Wildman–Crippen MR) is 116 cm³/mol. The molecule has 1 unspecified atom stereocenters. The molecule has 0 spiro atoms. The van der Waals surface area contributed by atoms with E-state index in [9.17, 15) is 4.79 Å². The van der Waals surface area contributed by atoms with Gasteiger partial charge in [0.2, 0.25) is 0 Å². The lowest BCUT2D eigenvalue weighted by atomic mass is 9.98. The standard InChI is InChI=1S/C24H25N3O2/c1-3-18(2)22-11-7-8-12-23(22)29-17-24(28)25-19-13-15-21(16-14-19)27-26-20-9-5-4-6-10-20/h4-16,18H,3,17H2,1-2H3,(H,25,28). The van der Waals surface area contributed by atoms with E-state index in [-0.39, 0.29) is 12.5 Å². The third-order valence-corrected chi connectivity index (χ3v) is 4.61. The zero-order valence-corrected chi connectivity index (χ0v) is 16.7. The van der Waals surface area contributed by atoms with E-state index in [1.807, 2.05) is 54.6 Å². The van der Waals surface area contributed by atoms with Gasteiger partial charge in [0.25, 0.3) is 5.91 Å². The van der Waals surface area contributed by atoms with Gasteiger partial charge in [-0.05, 0) is 60.4 Å². The highest BCUT2D eigenvalue weighted by molar-refractivity contribution is 5.92. The minimum Gasteiger partial charge on any atom is -0.483 e. The van der Waals surface area contributed by atoms with Crippen LogP contribution in [0.5, 0.6) is 5.75 Å². The lowest BCUT2D eigenvalue weighted by molar-refractivity contribution is -0.118. The maximum Gasteiger partial charge on any atom is 0.262 e. The van der Waals surface area contributed by atoms with Gasteiger partial charge in [-0.1, -0.05) is 50.2 Å². The van der Waals surface area contributed by atoms with E-state index in [4.69, 9.17) is 4.74 Å². The van der Waals surface area contributed by atoms with Crippen molar-refractivity contribution in [1.29, 1.82) is 0 Å². The highest BCUT2D eigenvalue weighted by atomic mass is 16.5. The quantitative estimate of drug-likeness (QED) is 0.441. The molecule has 0 saturated heterocycles.